The summed E-state index contributed by atoms with van der Waals surface area (Å²) in [7, 11) is 1.68. The summed E-state index contributed by atoms with van der Waals surface area (Å²) in [5, 5.41) is 7.93. The number of rotatable bonds is 3. The Morgan fingerprint density at radius 3 is 2.77 bits per heavy atom. The molecule has 7 nitrogen and oxygen atoms in total. The van der Waals surface area contributed by atoms with Crippen LogP contribution in [0.25, 0.3) is 0 Å². The summed E-state index contributed by atoms with van der Waals surface area (Å²) in [6, 6.07) is 3.57. The summed E-state index contributed by atoms with van der Waals surface area (Å²) in [4.78, 5) is 12.0. The van der Waals surface area contributed by atoms with Crippen LogP contribution < -0.4 is 14.9 Å². The fourth-order valence-corrected chi connectivity index (χ4v) is 2.86. The highest BCUT2D eigenvalue weighted by Crippen LogP contribution is 2.36. The maximum Gasteiger partial charge on any atom is 0.290 e. The summed E-state index contributed by atoms with van der Waals surface area (Å²) in [5.74, 6) is 0.956. The Morgan fingerprint density at radius 2 is 2.09 bits per heavy atom. The molecule has 0 spiro atoms. The number of nitrogens with zero attached hydrogens (tertiary/aromatic N) is 3. The Hall–Kier alpha value is -1.87. The molecule has 1 aromatic carbocycles. The lowest BCUT2D eigenvalue weighted by Crippen LogP contribution is -2.21. The molecule has 114 valence electrons. The van der Waals surface area contributed by atoms with Crippen LogP contribution >= 0.6 is 31.9 Å². The lowest BCUT2D eigenvalue weighted by atomic mass is 10.2. The molecular weight excluding hydrogens is 420 g/mol. The van der Waals surface area contributed by atoms with Crippen LogP contribution in [0, 0.1) is 0 Å². The van der Waals surface area contributed by atoms with E-state index >= 15 is 0 Å². The number of aryl methyl sites for hydroxylation is 1. The van der Waals surface area contributed by atoms with Crippen molar-refractivity contribution in [2.24, 2.45) is 12.1 Å². The smallest absolute Gasteiger partial charge is 0.290 e. The van der Waals surface area contributed by atoms with Gasteiger partial charge in [0.2, 0.25) is 6.79 Å². The summed E-state index contributed by atoms with van der Waals surface area (Å²) >= 11 is 6.68. The van der Waals surface area contributed by atoms with Crippen LogP contribution in [0.1, 0.15) is 16.1 Å². The number of fused-ring (bicyclic) bond motifs is 1. The first-order chi connectivity index (χ1) is 10.6. The van der Waals surface area contributed by atoms with Crippen molar-refractivity contribution in [3.8, 4) is 11.5 Å². The van der Waals surface area contributed by atoms with Crippen LogP contribution in [0.5, 0.6) is 11.5 Å². The molecule has 0 saturated carbocycles. The minimum atomic E-state index is -0.361. The van der Waals surface area contributed by atoms with Crippen molar-refractivity contribution in [2.75, 3.05) is 6.79 Å². The molecule has 0 unspecified atom stereocenters. The lowest BCUT2D eigenvalue weighted by Gasteiger charge is -2.03. The number of hydrogen-bond acceptors (Lipinski definition) is 5. The second-order valence-corrected chi connectivity index (χ2v) is 6.10. The number of hydrogen-bond donors (Lipinski definition) is 1. The first-order valence-corrected chi connectivity index (χ1v) is 7.75. The van der Waals surface area contributed by atoms with Crippen LogP contribution in [0.3, 0.4) is 0 Å². The molecule has 0 fully saturated rings. The molecule has 0 atom stereocenters. The monoisotopic (exact) mass is 428 g/mol. The second kappa shape index (κ2) is 6.09. The maximum absolute atomic E-state index is 12.0. The number of halogens is 2. The first kappa shape index (κ1) is 15.0. The summed E-state index contributed by atoms with van der Waals surface area (Å²) in [6.45, 7) is 0.202. The third kappa shape index (κ3) is 2.86. The van der Waals surface area contributed by atoms with Gasteiger partial charge in [0.15, 0.2) is 11.5 Å². The third-order valence-corrected chi connectivity index (χ3v) is 4.24. The van der Waals surface area contributed by atoms with E-state index in [-0.39, 0.29) is 12.7 Å². The highest BCUT2D eigenvalue weighted by atomic mass is 79.9. The molecule has 2 aromatic rings. The molecule has 22 heavy (non-hydrogen) atoms. The van der Waals surface area contributed by atoms with Crippen molar-refractivity contribution in [2.45, 2.75) is 0 Å². The van der Waals surface area contributed by atoms with E-state index in [0.29, 0.717) is 21.7 Å². The molecule has 1 aliphatic heterocycles. The summed E-state index contributed by atoms with van der Waals surface area (Å²) in [5.41, 5.74) is 3.61. The molecule has 0 radical (unpaired) electrons. The van der Waals surface area contributed by atoms with Gasteiger partial charge in [0.1, 0.15) is 5.69 Å². The van der Waals surface area contributed by atoms with Crippen LogP contribution in [0.4, 0.5) is 0 Å². The Balaban J connectivity index is 1.74. The molecule has 3 rings (SSSR count). The number of nitrogens with one attached hydrogen (secondary N) is 1. The van der Waals surface area contributed by atoms with Gasteiger partial charge in [0.25, 0.3) is 5.91 Å². The maximum atomic E-state index is 12.0. The molecule has 0 bridgehead atoms. The Kier molecular flexibility index (Phi) is 4.16. The number of amides is 1. The highest BCUT2D eigenvalue weighted by molar-refractivity contribution is 9.10. The topological polar surface area (TPSA) is 77.7 Å². The minimum Gasteiger partial charge on any atom is -0.454 e. The van der Waals surface area contributed by atoms with Crippen molar-refractivity contribution in [3.63, 3.8) is 0 Å². The number of ether oxygens (including phenoxy) is 2. The zero-order chi connectivity index (χ0) is 15.7. The van der Waals surface area contributed by atoms with Gasteiger partial charge in [-0.05, 0) is 44.0 Å². The van der Waals surface area contributed by atoms with Crippen LogP contribution in [-0.4, -0.2) is 28.7 Å². The largest absolute Gasteiger partial charge is 0.454 e. The lowest BCUT2D eigenvalue weighted by molar-refractivity contribution is 0.0945. The predicted molar refractivity (Wildman–Crippen MR) is 86.2 cm³/mol. The van der Waals surface area contributed by atoms with Gasteiger partial charge in [-0.1, -0.05) is 0 Å². The van der Waals surface area contributed by atoms with E-state index in [2.05, 4.69) is 47.5 Å². The molecule has 0 saturated heterocycles. The molecule has 9 heteroatoms. The molecule has 1 aromatic heterocycles. The van der Waals surface area contributed by atoms with E-state index in [1.807, 2.05) is 0 Å². The van der Waals surface area contributed by atoms with Gasteiger partial charge in [0, 0.05) is 17.1 Å². The number of hydrazone groups is 1. The van der Waals surface area contributed by atoms with Gasteiger partial charge in [-0.3, -0.25) is 9.48 Å². The van der Waals surface area contributed by atoms with Crippen molar-refractivity contribution in [1.29, 1.82) is 0 Å². The standard InChI is InChI=1S/C13H10Br2N4O3/c1-19-12(9(15)5-17-19)13(20)18-16-4-7-2-10-11(3-8(7)14)22-6-21-10/h2-5H,6H2,1H3,(H,18,20). The SMILES string of the molecule is Cn1ncc(Br)c1C(=O)NN=Cc1cc2c(cc1Br)OCO2. The molecule has 1 aliphatic rings. The van der Waals surface area contributed by atoms with E-state index < -0.39 is 0 Å². The van der Waals surface area contributed by atoms with Crippen molar-refractivity contribution in [3.05, 3.63) is 38.5 Å². The Morgan fingerprint density at radius 1 is 1.36 bits per heavy atom. The van der Waals surface area contributed by atoms with Gasteiger partial charge in [-0.25, -0.2) is 5.43 Å². The normalized spacial score (nSPS) is 12.9. The Bertz CT molecular complexity index is 753. The van der Waals surface area contributed by atoms with Gasteiger partial charge in [-0.15, -0.1) is 0 Å². The van der Waals surface area contributed by atoms with Gasteiger partial charge in [-0.2, -0.15) is 10.2 Å². The van der Waals surface area contributed by atoms with E-state index in [0.717, 1.165) is 10.0 Å². The Labute approximate surface area is 142 Å². The second-order valence-electron chi connectivity index (χ2n) is 4.39. The van der Waals surface area contributed by atoms with E-state index in [4.69, 9.17) is 9.47 Å². The number of aromatic nitrogens is 2. The average molecular weight is 430 g/mol. The zero-order valence-corrected chi connectivity index (χ0v) is 14.5. The molecule has 0 aliphatic carbocycles. The molecule has 1 amide bonds. The summed E-state index contributed by atoms with van der Waals surface area (Å²) < 4.78 is 13.4. The average Bonchev–Trinajstić information content (AvgIpc) is 3.05. The van der Waals surface area contributed by atoms with E-state index in [1.165, 1.54) is 10.9 Å². The zero-order valence-electron chi connectivity index (χ0n) is 11.3. The quantitative estimate of drug-likeness (QED) is 0.600. The van der Waals surface area contributed by atoms with Crippen molar-refractivity contribution in [1.82, 2.24) is 15.2 Å². The highest BCUT2D eigenvalue weighted by Gasteiger charge is 2.16. The first-order valence-electron chi connectivity index (χ1n) is 6.16. The van der Waals surface area contributed by atoms with Crippen LogP contribution in [0.15, 0.2) is 32.4 Å². The fourth-order valence-electron chi connectivity index (χ4n) is 1.91. The fraction of sp³-hybridized carbons (Fsp3) is 0.154. The van der Waals surface area contributed by atoms with Gasteiger partial charge >= 0.3 is 0 Å². The van der Waals surface area contributed by atoms with Crippen LogP contribution in [0.2, 0.25) is 0 Å². The van der Waals surface area contributed by atoms with Crippen molar-refractivity contribution >= 4 is 44.0 Å². The molecule has 1 N–H and O–H groups in total. The predicted octanol–water partition coefficient (Wildman–Crippen LogP) is 2.44. The minimum absolute atomic E-state index is 0.202. The molecular formula is C13H10Br2N4O3. The van der Waals surface area contributed by atoms with E-state index in [1.54, 1.807) is 25.4 Å². The third-order valence-electron chi connectivity index (χ3n) is 2.97. The van der Waals surface area contributed by atoms with Crippen LogP contribution in [-0.2, 0) is 7.05 Å². The number of benzene rings is 1. The number of carbonyl (C=O) groups excluding carboxylic acids is 1. The summed E-state index contributed by atoms with van der Waals surface area (Å²) in [6.07, 6.45) is 3.07. The van der Waals surface area contributed by atoms with Crippen molar-refractivity contribution < 1.29 is 14.3 Å². The van der Waals surface area contributed by atoms with Gasteiger partial charge in [0.05, 0.1) is 16.9 Å². The van der Waals surface area contributed by atoms with Gasteiger partial charge < -0.3 is 9.47 Å². The van der Waals surface area contributed by atoms with E-state index in [9.17, 15) is 4.79 Å². The molecule has 2 heterocycles. The number of carbonyl (C=O) groups is 1.